The predicted octanol–water partition coefficient (Wildman–Crippen LogP) is 4.12. The Morgan fingerprint density at radius 2 is 2.05 bits per heavy atom. The van der Waals surface area contributed by atoms with Crippen LogP contribution < -0.4 is 10.1 Å². The first kappa shape index (κ1) is 14.4. The van der Waals surface area contributed by atoms with Crippen LogP contribution in [0.4, 0.5) is 0 Å². The second-order valence-electron chi connectivity index (χ2n) is 6.61. The Bertz CT molecular complexity index is 445. The maximum Gasteiger partial charge on any atom is 0.126 e. The van der Waals surface area contributed by atoms with E-state index in [4.69, 9.17) is 4.74 Å². The normalized spacial score (nSPS) is 18.9. The summed E-state index contributed by atoms with van der Waals surface area (Å²) < 4.78 is 5.89. The van der Waals surface area contributed by atoms with E-state index in [1.54, 1.807) is 0 Å². The summed E-state index contributed by atoms with van der Waals surface area (Å²) in [6.45, 7) is 13.1. The molecule has 1 N–H and O–H groups in total. The summed E-state index contributed by atoms with van der Waals surface area (Å²) in [5, 5.41) is 3.65. The number of fused-ring (bicyclic) bond motifs is 1. The Labute approximate surface area is 117 Å². The van der Waals surface area contributed by atoms with Crippen molar-refractivity contribution in [3.05, 3.63) is 28.8 Å². The number of nitrogens with one attached hydrogen (secondary N) is 1. The number of hydrogen-bond donors (Lipinski definition) is 1. The summed E-state index contributed by atoms with van der Waals surface area (Å²) in [6, 6.07) is 5.07. The highest BCUT2D eigenvalue weighted by Crippen LogP contribution is 2.38. The van der Waals surface area contributed by atoms with Gasteiger partial charge in [0.25, 0.3) is 0 Å². The van der Waals surface area contributed by atoms with Crippen LogP contribution in [0.15, 0.2) is 12.1 Å². The molecule has 2 rings (SSSR count). The van der Waals surface area contributed by atoms with Crippen molar-refractivity contribution in [2.45, 2.75) is 58.9 Å². The molecule has 2 nitrogen and oxygen atoms in total. The summed E-state index contributed by atoms with van der Waals surface area (Å²) in [4.78, 5) is 0. The molecule has 0 aliphatic carbocycles. The van der Waals surface area contributed by atoms with Crippen LogP contribution in [-0.2, 0) is 5.41 Å². The Hall–Kier alpha value is -1.02. The van der Waals surface area contributed by atoms with Gasteiger partial charge < -0.3 is 10.1 Å². The molecule has 0 saturated heterocycles. The minimum atomic E-state index is 0.187. The topological polar surface area (TPSA) is 21.3 Å². The molecule has 1 atom stereocenters. The van der Waals surface area contributed by atoms with Crippen LogP contribution >= 0.6 is 0 Å². The molecule has 0 aromatic heterocycles. The number of ether oxygens (including phenoxy) is 1. The lowest BCUT2D eigenvalue weighted by Crippen LogP contribution is -2.28. The maximum absolute atomic E-state index is 5.89. The van der Waals surface area contributed by atoms with Gasteiger partial charge in [-0.2, -0.15) is 0 Å². The third-order valence-electron chi connectivity index (χ3n) is 3.84. The van der Waals surface area contributed by atoms with E-state index in [2.05, 4.69) is 52.1 Å². The monoisotopic (exact) mass is 261 g/mol. The van der Waals surface area contributed by atoms with Crippen molar-refractivity contribution >= 4 is 0 Å². The quantitative estimate of drug-likeness (QED) is 0.884. The highest BCUT2D eigenvalue weighted by atomic mass is 16.5. The SMILES string of the molecule is CCCNC1CCOc2c(C)cc(C(C)(C)C)cc21. The van der Waals surface area contributed by atoms with E-state index in [0.29, 0.717) is 6.04 Å². The molecule has 0 radical (unpaired) electrons. The fourth-order valence-corrected chi connectivity index (χ4v) is 2.66. The van der Waals surface area contributed by atoms with Gasteiger partial charge >= 0.3 is 0 Å². The number of rotatable bonds is 3. The van der Waals surface area contributed by atoms with E-state index in [0.717, 1.165) is 25.3 Å². The van der Waals surface area contributed by atoms with E-state index < -0.39 is 0 Å². The number of benzene rings is 1. The molecule has 0 spiro atoms. The highest BCUT2D eigenvalue weighted by Gasteiger charge is 2.25. The molecule has 0 bridgehead atoms. The Morgan fingerprint density at radius 3 is 2.68 bits per heavy atom. The van der Waals surface area contributed by atoms with Gasteiger partial charge in [0, 0.05) is 18.0 Å². The van der Waals surface area contributed by atoms with E-state index in [9.17, 15) is 0 Å². The zero-order valence-electron chi connectivity index (χ0n) is 13.0. The standard InChI is InChI=1S/C17H27NO/c1-6-8-18-15-7-9-19-16-12(2)10-13(11-14(15)16)17(3,4)5/h10-11,15,18H,6-9H2,1-5H3. The summed E-state index contributed by atoms with van der Waals surface area (Å²) >= 11 is 0. The van der Waals surface area contributed by atoms with Crippen LogP contribution in [0.1, 0.15) is 63.3 Å². The molecule has 1 aromatic rings. The summed E-state index contributed by atoms with van der Waals surface area (Å²) in [6.07, 6.45) is 2.24. The van der Waals surface area contributed by atoms with Gasteiger partial charge in [-0.1, -0.05) is 33.8 Å². The third-order valence-corrected chi connectivity index (χ3v) is 3.84. The van der Waals surface area contributed by atoms with Crippen molar-refractivity contribution in [2.75, 3.05) is 13.2 Å². The average Bonchev–Trinajstić information content (AvgIpc) is 2.35. The minimum Gasteiger partial charge on any atom is -0.493 e. The molecule has 0 amide bonds. The van der Waals surface area contributed by atoms with Gasteiger partial charge in [-0.15, -0.1) is 0 Å². The van der Waals surface area contributed by atoms with Crippen molar-refractivity contribution in [2.24, 2.45) is 0 Å². The van der Waals surface area contributed by atoms with Gasteiger partial charge in [0.2, 0.25) is 0 Å². The third kappa shape index (κ3) is 3.11. The van der Waals surface area contributed by atoms with Crippen LogP contribution in [0.2, 0.25) is 0 Å². The molecule has 1 aliphatic heterocycles. The van der Waals surface area contributed by atoms with Crippen LogP contribution in [-0.4, -0.2) is 13.2 Å². The molecular weight excluding hydrogens is 234 g/mol. The predicted molar refractivity (Wildman–Crippen MR) is 81.0 cm³/mol. The lowest BCUT2D eigenvalue weighted by molar-refractivity contribution is 0.251. The largest absolute Gasteiger partial charge is 0.493 e. The first-order valence-electron chi connectivity index (χ1n) is 7.44. The fourth-order valence-electron chi connectivity index (χ4n) is 2.66. The Morgan fingerprint density at radius 1 is 1.32 bits per heavy atom. The lowest BCUT2D eigenvalue weighted by Gasteiger charge is -2.31. The first-order valence-corrected chi connectivity index (χ1v) is 7.44. The number of hydrogen-bond acceptors (Lipinski definition) is 2. The van der Waals surface area contributed by atoms with Crippen LogP contribution in [0.25, 0.3) is 0 Å². The van der Waals surface area contributed by atoms with Crippen LogP contribution in [0, 0.1) is 6.92 Å². The molecule has 1 heterocycles. The smallest absolute Gasteiger partial charge is 0.126 e. The van der Waals surface area contributed by atoms with Gasteiger partial charge in [-0.05, 0) is 42.5 Å². The molecule has 2 heteroatoms. The van der Waals surface area contributed by atoms with E-state index in [-0.39, 0.29) is 5.41 Å². The molecule has 1 aliphatic rings. The van der Waals surface area contributed by atoms with Crippen molar-refractivity contribution in [1.82, 2.24) is 5.32 Å². The molecule has 1 unspecified atom stereocenters. The lowest BCUT2D eigenvalue weighted by atomic mass is 9.83. The zero-order chi connectivity index (χ0) is 14.0. The van der Waals surface area contributed by atoms with Crippen molar-refractivity contribution in [3.63, 3.8) is 0 Å². The minimum absolute atomic E-state index is 0.187. The van der Waals surface area contributed by atoms with E-state index in [1.165, 1.54) is 23.1 Å². The molecule has 0 fully saturated rings. The molecule has 19 heavy (non-hydrogen) atoms. The van der Waals surface area contributed by atoms with Crippen molar-refractivity contribution < 1.29 is 4.74 Å². The van der Waals surface area contributed by atoms with Crippen molar-refractivity contribution in [1.29, 1.82) is 0 Å². The molecule has 1 aromatic carbocycles. The fraction of sp³-hybridized carbons (Fsp3) is 0.647. The van der Waals surface area contributed by atoms with Gasteiger partial charge in [-0.3, -0.25) is 0 Å². The van der Waals surface area contributed by atoms with Crippen LogP contribution in [0.3, 0.4) is 0 Å². The molecule has 106 valence electrons. The Balaban J connectivity index is 2.40. The van der Waals surface area contributed by atoms with Gasteiger partial charge in [0.15, 0.2) is 0 Å². The van der Waals surface area contributed by atoms with Gasteiger partial charge in [0.1, 0.15) is 5.75 Å². The van der Waals surface area contributed by atoms with E-state index >= 15 is 0 Å². The summed E-state index contributed by atoms with van der Waals surface area (Å²) in [5.41, 5.74) is 4.21. The Kier molecular flexibility index (Phi) is 4.19. The summed E-state index contributed by atoms with van der Waals surface area (Å²) in [7, 11) is 0. The zero-order valence-corrected chi connectivity index (χ0v) is 13.0. The van der Waals surface area contributed by atoms with E-state index in [1.807, 2.05) is 0 Å². The van der Waals surface area contributed by atoms with Gasteiger partial charge in [0.05, 0.1) is 6.61 Å². The first-order chi connectivity index (χ1) is 8.93. The second-order valence-corrected chi connectivity index (χ2v) is 6.61. The van der Waals surface area contributed by atoms with Crippen LogP contribution in [0.5, 0.6) is 5.75 Å². The molecular formula is C17H27NO. The average molecular weight is 261 g/mol. The molecule has 0 saturated carbocycles. The second kappa shape index (κ2) is 5.54. The maximum atomic E-state index is 5.89. The van der Waals surface area contributed by atoms with Gasteiger partial charge in [-0.25, -0.2) is 0 Å². The highest BCUT2D eigenvalue weighted by molar-refractivity contribution is 5.48. The van der Waals surface area contributed by atoms with Crippen molar-refractivity contribution in [3.8, 4) is 5.75 Å². The number of aryl methyl sites for hydroxylation is 1. The summed E-state index contributed by atoms with van der Waals surface area (Å²) in [5.74, 6) is 1.10.